The summed E-state index contributed by atoms with van der Waals surface area (Å²) in [5.74, 6) is -0.164. The summed E-state index contributed by atoms with van der Waals surface area (Å²) in [5.41, 5.74) is 6.64. The van der Waals surface area contributed by atoms with Crippen LogP contribution in [0.15, 0.2) is 94.5 Å². The van der Waals surface area contributed by atoms with Gasteiger partial charge in [-0.1, -0.05) is 88.7 Å². The van der Waals surface area contributed by atoms with E-state index < -0.39 is 0 Å². The van der Waals surface area contributed by atoms with Crippen LogP contribution in [-0.4, -0.2) is 11.6 Å². The maximum Gasteiger partial charge on any atom is 0.244 e. The van der Waals surface area contributed by atoms with E-state index in [-0.39, 0.29) is 17.2 Å². The summed E-state index contributed by atoms with van der Waals surface area (Å²) in [6, 6.07) is 28.4. The number of amides is 1. The smallest absolute Gasteiger partial charge is 0.244 e. The molecule has 0 bridgehead atoms. The number of carbonyl (C=O) groups is 1. The van der Waals surface area contributed by atoms with Crippen LogP contribution in [0.5, 0.6) is 0 Å². The summed E-state index contributed by atoms with van der Waals surface area (Å²) in [7, 11) is 0. The number of nitrogens with one attached hydrogen (secondary N) is 1. The number of rotatable bonds is 5. The van der Waals surface area contributed by atoms with Crippen molar-refractivity contribution in [3.05, 3.63) is 106 Å². The highest BCUT2D eigenvalue weighted by Gasteiger charge is 2.60. The van der Waals surface area contributed by atoms with Crippen molar-refractivity contribution in [3.8, 4) is 0 Å². The largest absolute Gasteiger partial charge is 0.273 e. The highest BCUT2D eigenvalue weighted by atomic mass is 79.9. The standard InChI is InChI=1S/C24H21BrN2O/c1-17(18-12-14-21(25)15-13-18)26-27-23(28)22-16-24(22,19-8-4-2-5-9-19)20-10-6-3-7-11-20/h2-15,22H,16H2,1H3,(H,27,28)/b26-17+. The zero-order chi connectivity index (χ0) is 19.6. The van der Waals surface area contributed by atoms with Gasteiger partial charge in [0, 0.05) is 9.89 Å². The predicted molar refractivity (Wildman–Crippen MR) is 116 cm³/mol. The molecule has 0 heterocycles. The molecule has 3 aromatic carbocycles. The van der Waals surface area contributed by atoms with E-state index in [2.05, 4.69) is 50.7 Å². The van der Waals surface area contributed by atoms with Gasteiger partial charge in [0.25, 0.3) is 0 Å². The Hall–Kier alpha value is -2.72. The number of hydrazone groups is 1. The molecule has 3 nitrogen and oxygen atoms in total. The Morgan fingerprint density at radius 2 is 1.46 bits per heavy atom. The van der Waals surface area contributed by atoms with Crippen molar-refractivity contribution in [3.63, 3.8) is 0 Å². The molecule has 3 aromatic rings. The van der Waals surface area contributed by atoms with Gasteiger partial charge in [-0.3, -0.25) is 4.79 Å². The first-order chi connectivity index (χ1) is 13.6. The lowest BCUT2D eigenvalue weighted by molar-refractivity contribution is -0.122. The second-order valence-corrected chi connectivity index (χ2v) is 8.06. The molecule has 1 atom stereocenters. The molecule has 0 spiro atoms. The third-order valence-electron chi connectivity index (χ3n) is 5.45. The molecule has 1 saturated carbocycles. The van der Waals surface area contributed by atoms with E-state index >= 15 is 0 Å². The summed E-state index contributed by atoms with van der Waals surface area (Å²) in [6.07, 6.45) is 0.791. The third-order valence-corrected chi connectivity index (χ3v) is 5.98. The Kier molecular flexibility index (Phi) is 5.14. The van der Waals surface area contributed by atoms with E-state index in [1.165, 1.54) is 11.1 Å². The molecular formula is C24H21BrN2O. The van der Waals surface area contributed by atoms with Crippen molar-refractivity contribution in [1.82, 2.24) is 5.43 Å². The van der Waals surface area contributed by atoms with Crippen LogP contribution in [0.25, 0.3) is 0 Å². The fraction of sp³-hybridized carbons (Fsp3) is 0.167. The minimum Gasteiger partial charge on any atom is -0.273 e. The number of hydrogen-bond acceptors (Lipinski definition) is 2. The lowest BCUT2D eigenvalue weighted by Gasteiger charge is -2.18. The van der Waals surface area contributed by atoms with Gasteiger partial charge in [-0.05, 0) is 42.2 Å². The highest BCUT2D eigenvalue weighted by Crippen LogP contribution is 2.58. The van der Waals surface area contributed by atoms with Gasteiger partial charge < -0.3 is 0 Å². The minimum atomic E-state index is -0.270. The molecule has 0 aromatic heterocycles. The number of benzene rings is 3. The van der Waals surface area contributed by atoms with Gasteiger partial charge in [-0.25, -0.2) is 5.43 Å². The van der Waals surface area contributed by atoms with Crippen LogP contribution in [-0.2, 0) is 10.2 Å². The van der Waals surface area contributed by atoms with Crippen molar-refractivity contribution >= 4 is 27.5 Å². The van der Waals surface area contributed by atoms with Crippen LogP contribution in [0.4, 0.5) is 0 Å². The first kappa shape index (κ1) is 18.6. The van der Waals surface area contributed by atoms with Gasteiger partial charge in [0.05, 0.1) is 11.6 Å². The van der Waals surface area contributed by atoms with Gasteiger partial charge in [0.15, 0.2) is 0 Å². The molecule has 1 aliphatic carbocycles. The highest BCUT2D eigenvalue weighted by molar-refractivity contribution is 9.10. The van der Waals surface area contributed by atoms with Gasteiger partial charge >= 0.3 is 0 Å². The number of nitrogens with zero attached hydrogens (tertiary/aromatic N) is 1. The molecule has 0 aliphatic heterocycles. The molecule has 1 aliphatic rings. The quantitative estimate of drug-likeness (QED) is 0.431. The minimum absolute atomic E-state index is 0.0378. The second-order valence-electron chi connectivity index (χ2n) is 7.14. The van der Waals surface area contributed by atoms with E-state index in [0.717, 1.165) is 22.2 Å². The summed E-state index contributed by atoms with van der Waals surface area (Å²) in [5, 5.41) is 4.34. The molecule has 28 heavy (non-hydrogen) atoms. The molecule has 0 radical (unpaired) electrons. The molecule has 1 N–H and O–H groups in total. The molecule has 4 rings (SSSR count). The molecule has 1 amide bonds. The molecule has 1 fully saturated rings. The van der Waals surface area contributed by atoms with Crippen LogP contribution >= 0.6 is 15.9 Å². The average Bonchev–Trinajstić information content (AvgIpc) is 3.51. The first-order valence-corrected chi connectivity index (χ1v) is 10.1. The van der Waals surface area contributed by atoms with Crippen molar-refractivity contribution in [2.45, 2.75) is 18.8 Å². The van der Waals surface area contributed by atoms with Crippen LogP contribution in [0.1, 0.15) is 30.0 Å². The molecule has 1 unspecified atom stereocenters. The van der Waals surface area contributed by atoms with E-state index in [1.807, 2.05) is 67.6 Å². The fourth-order valence-electron chi connectivity index (χ4n) is 3.83. The predicted octanol–water partition coefficient (Wildman–Crippen LogP) is 5.30. The summed E-state index contributed by atoms with van der Waals surface area (Å²) in [6.45, 7) is 1.90. The van der Waals surface area contributed by atoms with Crippen LogP contribution < -0.4 is 5.43 Å². The average molecular weight is 433 g/mol. The molecule has 0 saturated heterocycles. The van der Waals surface area contributed by atoms with Crippen molar-refractivity contribution in [1.29, 1.82) is 0 Å². The van der Waals surface area contributed by atoms with Crippen LogP contribution in [0.2, 0.25) is 0 Å². The Labute approximate surface area is 173 Å². The Morgan fingerprint density at radius 3 is 2.00 bits per heavy atom. The van der Waals surface area contributed by atoms with Crippen LogP contribution in [0.3, 0.4) is 0 Å². The maximum absolute atomic E-state index is 12.9. The zero-order valence-electron chi connectivity index (χ0n) is 15.6. The lowest BCUT2D eigenvalue weighted by atomic mass is 9.85. The summed E-state index contributed by atoms with van der Waals surface area (Å²) in [4.78, 5) is 12.9. The Morgan fingerprint density at radius 1 is 0.929 bits per heavy atom. The summed E-state index contributed by atoms with van der Waals surface area (Å²) < 4.78 is 1.02. The summed E-state index contributed by atoms with van der Waals surface area (Å²) >= 11 is 3.43. The van der Waals surface area contributed by atoms with Gasteiger partial charge in [-0.15, -0.1) is 0 Å². The fourth-order valence-corrected chi connectivity index (χ4v) is 4.09. The van der Waals surface area contributed by atoms with Gasteiger partial charge in [0.1, 0.15) is 0 Å². The van der Waals surface area contributed by atoms with E-state index in [4.69, 9.17) is 0 Å². The third kappa shape index (κ3) is 3.52. The maximum atomic E-state index is 12.9. The SMILES string of the molecule is C/C(=N\NC(=O)C1CC1(c1ccccc1)c1ccccc1)c1ccc(Br)cc1. The monoisotopic (exact) mass is 432 g/mol. The number of halogens is 1. The molecule has 140 valence electrons. The van der Waals surface area contributed by atoms with E-state index in [1.54, 1.807) is 0 Å². The Balaban J connectivity index is 1.56. The topological polar surface area (TPSA) is 41.5 Å². The van der Waals surface area contributed by atoms with Crippen molar-refractivity contribution < 1.29 is 4.79 Å². The normalized spacial score (nSPS) is 17.8. The second kappa shape index (κ2) is 7.72. The van der Waals surface area contributed by atoms with Crippen molar-refractivity contribution in [2.24, 2.45) is 11.0 Å². The van der Waals surface area contributed by atoms with Gasteiger partial charge in [0.2, 0.25) is 5.91 Å². The number of carbonyl (C=O) groups excluding carboxylic acids is 1. The molecule has 4 heteroatoms. The Bertz CT molecular complexity index is 958. The first-order valence-electron chi connectivity index (χ1n) is 9.32. The van der Waals surface area contributed by atoms with E-state index in [0.29, 0.717) is 0 Å². The number of hydrogen-bond donors (Lipinski definition) is 1. The van der Waals surface area contributed by atoms with E-state index in [9.17, 15) is 4.79 Å². The lowest BCUT2D eigenvalue weighted by Crippen LogP contribution is -2.26. The molecular weight excluding hydrogens is 412 g/mol. The van der Waals surface area contributed by atoms with Crippen LogP contribution in [0, 0.1) is 5.92 Å². The van der Waals surface area contributed by atoms with Gasteiger partial charge in [-0.2, -0.15) is 5.10 Å². The zero-order valence-corrected chi connectivity index (χ0v) is 17.2. The van der Waals surface area contributed by atoms with Crippen molar-refractivity contribution in [2.75, 3.05) is 0 Å².